The van der Waals surface area contributed by atoms with E-state index in [1.807, 2.05) is 6.07 Å². The van der Waals surface area contributed by atoms with Crippen LogP contribution in [0.5, 0.6) is 0 Å². The van der Waals surface area contributed by atoms with Crippen molar-refractivity contribution in [3.05, 3.63) is 58.8 Å². The molecular formula is C22H27ClN4O3. The highest BCUT2D eigenvalue weighted by Gasteiger charge is 2.44. The zero-order chi connectivity index (χ0) is 21.8. The van der Waals surface area contributed by atoms with Crippen LogP contribution in [-0.4, -0.2) is 53.8 Å². The molecule has 160 valence electrons. The van der Waals surface area contributed by atoms with E-state index in [-0.39, 0.29) is 37.5 Å². The Morgan fingerprint density at radius 2 is 2.17 bits per heavy atom. The maximum absolute atomic E-state index is 13.2. The van der Waals surface area contributed by atoms with Gasteiger partial charge in [-0.3, -0.25) is 14.5 Å². The Balaban J connectivity index is 1.84. The van der Waals surface area contributed by atoms with Crippen LogP contribution in [-0.2, 0) is 9.59 Å². The summed E-state index contributed by atoms with van der Waals surface area (Å²) < 4.78 is 0. The minimum atomic E-state index is -0.617. The molecule has 0 aliphatic carbocycles. The third kappa shape index (κ3) is 4.67. The van der Waals surface area contributed by atoms with Crippen LogP contribution in [0.4, 0.5) is 4.79 Å². The molecule has 30 heavy (non-hydrogen) atoms. The fraction of sp³-hybridized carbons (Fsp3) is 0.409. The van der Waals surface area contributed by atoms with Gasteiger partial charge < -0.3 is 15.5 Å². The van der Waals surface area contributed by atoms with Gasteiger partial charge in [-0.1, -0.05) is 43.7 Å². The van der Waals surface area contributed by atoms with E-state index in [9.17, 15) is 14.4 Å². The summed E-state index contributed by atoms with van der Waals surface area (Å²) in [6, 6.07) is 6.13. The van der Waals surface area contributed by atoms with Gasteiger partial charge in [-0.25, -0.2) is 4.79 Å². The Hall–Kier alpha value is -2.80. The summed E-state index contributed by atoms with van der Waals surface area (Å²) >= 11 is 6.13. The number of halogens is 1. The summed E-state index contributed by atoms with van der Waals surface area (Å²) in [6.45, 7) is 8.86. The molecule has 0 aromatic heterocycles. The van der Waals surface area contributed by atoms with Crippen molar-refractivity contribution >= 4 is 29.4 Å². The van der Waals surface area contributed by atoms with E-state index in [4.69, 9.17) is 11.6 Å². The summed E-state index contributed by atoms with van der Waals surface area (Å²) in [7, 11) is 0. The molecule has 0 bridgehead atoms. The molecule has 0 fully saturated rings. The van der Waals surface area contributed by atoms with Crippen molar-refractivity contribution in [3.63, 3.8) is 0 Å². The van der Waals surface area contributed by atoms with Gasteiger partial charge in [0.2, 0.25) is 5.91 Å². The second-order valence-corrected chi connectivity index (χ2v) is 8.33. The van der Waals surface area contributed by atoms with Crippen LogP contribution in [0.1, 0.15) is 31.9 Å². The molecule has 1 aromatic rings. The van der Waals surface area contributed by atoms with Crippen molar-refractivity contribution in [3.8, 4) is 0 Å². The van der Waals surface area contributed by atoms with Crippen molar-refractivity contribution < 1.29 is 14.4 Å². The van der Waals surface area contributed by atoms with E-state index in [1.165, 1.54) is 9.80 Å². The highest BCUT2D eigenvalue weighted by molar-refractivity contribution is 6.30. The van der Waals surface area contributed by atoms with Crippen LogP contribution in [0.25, 0.3) is 0 Å². The van der Waals surface area contributed by atoms with Crippen LogP contribution < -0.4 is 10.6 Å². The number of amides is 4. The summed E-state index contributed by atoms with van der Waals surface area (Å²) in [5, 5.41) is 6.27. The average molecular weight is 431 g/mol. The predicted octanol–water partition coefficient (Wildman–Crippen LogP) is 2.85. The normalized spacial score (nSPS) is 18.6. The van der Waals surface area contributed by atoms with Gasteiger partial charge >= 0.3 is 6.03 Å². The smallest absolute Gasteiger partial charge is 0.322 e. The van der Waals surface area contributed by atoms with E-state index in [0.717, 1.165) is 12.0 Å². The van der Waals surface area contributed by atoms with E-state index >= 15 is 0 Å². The lowest BCUT2D eigenvalue weighted by atomic mass is 9.95. The molecular weight excluding hydrogens is 404 g/mol. The first kappa shape index (κ1) is 21.9. The van der Waals surface area contributed by atoms with E-state index < -0.39 is 6.04 Å². The first-order valence-corrected chi connectivity index (χ1v) is 10.4. The maximum atomic E-state index is 13.2. The maximum Gasteiger partial charge on any atom is 0.322 e. The molecule has 8 heteroatoms. The van der Waals surface area contributed by atoms with Crippen LogP contribution >= 0.6 is 11.6 Å². The number of carbonyl (C=O) groups excluding carboxylic acids is 3. The van der Waals surface area contributed by atoms with E-state index in [2.05, 4.69) is 31.1 Å². The molecule has 2 heterocycles. The standard InChI is InChI=1S/C22H27ClN4O3/c1-4-10-27-17-12-26(13-18(28)24-9-8-14(2)3)21(29)19(17)20(25-22(27)30)15-6-5-7-16(23)11-15/h4-7,11,14,20H,1,8-10,12-13H2,2-3H3,(H,24,28)(H,25,30)/t20-/m0/s1. The summed E-state index contributed by atoms with van der Waals surface area (Å²) in [6.07, 6.45) is 2.48. The van der Waals surface area contributed by atoms with E-state index in [0.29, 0.717) is 28.8 Å². The van der Waals surface area contributed by atoms with Crippen LogP contribution in [0.3, 0.4) is 0 Å². The molecule has 1 aromatic carbocycles. The fourth-order valence-electron chi connectivity index (χ4n) is 3.66. The van der Waals surface area contributed by atoms with Gasteiger partial charge in [0, 0.05) is 18.1 Å². The monoisotopic (exact) mass is 430 g/mol. The lowest BCUT2D eigenvalue weighted by Gasteiger charge is -2.33. The Kier molecular flexibility index (Phi) is 6.82. The van der Waals surface area contributed by atoms with Gasteiger partial charge in [0.05, 0.1) is 23.9 Å². The minimum absolute atomic E-state index is 0.0533. The molecule has 0 saturated heterocycles. The third-order valence-electron chi connectivity index (χ3n) is 5.17. The Labute approximate surface area is 181 Å². The zero-order valence-electron chi connectivity index (χ0n) is 17.3. The highest BCUT2D eigenvalue weighted by atomic mass is 35.5. The number of hydrogen-bond donors (Lipinski definition) is 2. The first-order chi connectivity index (χ1) is 14.3. The van der Waals surface area contributed by atoms with Crippen molar-refractivity contribution in [1.29, 1.82) is 0 Å². The molecule has 0 unspecified atom stereocenters. The van der Waals surface area contributed by atoms with Crippen LogP contribution in [0.15, 0.2) is 48.2 Å². The molecule has 2 N–H and O–H groups in total. The number of carbonyl (C=O) groups is 3. The van der Waals surface area contributed by atoms with Gasteiger partial charge in [0.1, 0.15) is 6.54 Å². The molecule has 7 nitrogen and oxygen atoms in total. The Morgan fingerprint density at radius 3 is 2.83 bits per heavy atom. The highest BCUT2D eigenvalue weighted by Crippen LogP contribution is 2.36. The van der Waals surface area contributed by atoms with Gasteiger partial charge in [-0.05, 0) is 30.0 Å². The average Bonchev–Trinajstić information content (AvgIpc) is 3.00. The number of rotatable bonds is 8. The minimum Gasteiger partial charge on any atom is -0.355 e. The van der Waals surface area contributed by atoms with Crippen LogP contribution in [0, 0.1) is 5.92 Å². The first-order valence-electron chi connectivity index (χ1n) is 10.0. The number of nitrogens with zero attached hydrogens (tertiary/aromatic N) is 2. The van der Waals surface area contributed by atoms with Gasteiger partial charge in [0.25, 0.3) is 5.91 Å². The quantitative estimate of drug-likeness (QED) is 0.622. The lowest BCUT2D eigenvalue weighted by molar-refractivity contribution is -0.131. The second-order valence-electron chi connectivity index (χ2n) is 7.89. The van der Waals surface area contributed by atoms with Crippen LogP contribution in [0.2, 0.25) is 5.02 Å². The largest absolute Gasteiger partial charge is 0.355 e. The number of urea groups is 1. The molecule has 2 aliphatic rings. The molecule has 3 rings (SSSR count). The zero-order valence-corrected chi connectivity index (χ0v) is 18.0. The predicted molar refractivity (Wildman–Crippen MR) is 116 cm³/mol. The molecule has 1 atom stereocenters. The molecule has 2 aliphatic heterocycles. The fourth-order valence-corrected chi connectivity index (χ4v) is 3.86. The SMILES string of the molecule is C=CCN1C(=O)N[C@@H](c2cccc(Cl)c2)C2=C1CN(CC(=O)NCCC(C)C)C2=O. The van der Waals surface area contributed by atoms with Crippen molar-refractivity contribution in [2.45, 2.75) is 26.3 Å². The molecule has 0 spiro atoms. The summed E-state index contributed by atoms with van der Waals surface area (Å²) in [5.74, 6) is 0.0106. The van der Waals surface area contributed by atoms with Crippen molar-refractivity contribution in [2.24, 2.45) is 5.92 Å². The lowest BCUT2D eigenvalue weighted by Crippen LogP contribution is -2.47. The van der Waals surface area contributed by atoms with Gasteiger partial charge in [-0.2, -0.15) is 0 Å². The second kappa shape index (κ2) is 9.34. The molecule has 0 radical (unpaired) electrons. The Bertz CT molecular complexity index is 896. The number of nitrogens with one attached hydrogen (secondary N) is 2. The molecule has 4 amide bonds. The van der Waals surface area contributed by atoms with Gasteiger partial charge in [-0.15, -0.1) is 6.58 Å². The summed E-state index contributed by atoms with van der Waals surface area (Å²) in [4.78, 5) is 41.3. The van der Waals surface area contributed by atoms with Crippen molar-refractivity contribution in [2.75, 3.05) is 26.2 Å². The van der Waals surface area contributed by atoms with E-state index in [1.54, 1.807) is 24.3 Å². The van der Waals surface area contributed by atoms with Crippen molar-refractivity contribution in [1.82, 2.24) is 20.4 Å². The number of benzene rings is 1. The van der Waals surface area contributed by atoms with Gasteiger partial charge in [0.15, 0.2) is 0 Å². The molecule has 0 saturated carbocycles. The summed E-state index contributed by atoms with van der Waals surface area (Å²) in [5.41, 5.74) is 1.79. The topological polar surface area (TPSA) is 81.8 Å². The third-order valence-corrected chi connectivity index (χ3v) is 5.40. The Morgan fingerprint density at radius 1 is 1.40 bits per heavy atom. The number of hydrogen-bond acceptors (Lipinski definition) is 3.